The van der Waals surface area contributed by atoms with Crippen LogP contribution in [0.5, 0.6) is 0 Å². The summed E-state index contributed by atoms with van der Waals surface area (Å²) < 4.78 is 39.3. The average molecular weight is 407 g/mol. The van der Waals surface area contributed by atoms with Crippen LogP contribution in [0.25, 0.3) is 0 Å². The first-order valence-corrected chi connectivity index (χ1v) is 11.2. The van der Waals surface area contributed by atoms with E-state index in [1.807, 2.05) is 32.0 Å². The zero-order valence-corrected chi connectivity index (χ0v) is 17.5. The quantitative estimate of drug-likeness (QED) is 0.717. The van der Waals surface area contributed by atoms with Crippen molar-refractivity contribution < 1.29 is 17.6 Å². The highest BCUT2D eigenvalue weighted by Gasteiger charge is 2.32. The SMILES string of the molecule is CCc1cccc(CC)c1NC(=O)[C@@H](CC)N(c1ccc(F)cc1)S(C)(=O)=O. The number of aryl methyl sites for hydroxylation is 2. The molecule has 0 aromatic heterocycles. The van der Waals surface area contributed by atoms with E-state index in [0.717, 1.165) is 40.2 Å². The summed E-state index contributed by atoms with van der Waals surface area (Å²) in [4.78, 5) is 13.1. The summed E-state index contributed by atoms with van der Waals surface area (Å²) in [6.45, 7) is 5.75. The van der Waals surface area contributed by atoms with E-state index in [9.17, 15) is 17.6 Å². The highest BCUT2D eigenvalue weighted by atomic mass is 32.2. The predicted molar refractivity (Wildman–Crippen MR) is 112 cm³/mol. The molecule has 0 saturated heterocycles. The lowest BCUT2D eigenvalue weighted by molar-refractivity contribution is -0.117. The number of halogens is 1. The molecule has 2 aromatic carbocycles. The highest BCUT2D eigenvalue weighted by Crippen LogP contribution is 2.26. The van der Waals surface area contributed by atoms with Crippen molar-refractivity contribution >= 4 is 27.3 Å². The van der Waals surface area contributed by atoms with Gasteiger partial charge in [0.05, 0.1) is 11.9 Å². The molecule has 0 spiro atoms. The zero-order valence-electron chi connectivity index (χ0n) is 16.7. The Balaban J connectivity index is 2.44. The third-order valence-corrected chi connectivity index (χ3v) is 5.84. The monoisotopic (exact) mass is 406 g/mol. The van der Waals surface area contributed by atoms with E-state index in [0.29, 0.717) is 0 Å². The Morgan fingerprint density at radius 1 is 1.04 bits per heavy atom. The van der Waals surface area contributed by atoms with Gasteiger partial charge in [-0.15, -0.1) is 0 Å². The van der Waals surface area contributed by atoms with E-state index < -0.39 is 27.8 Å². The molecule has 7 heteroatoms. The molecule has 1 atom stereocenters. The molecule has 2 aromatic rings. The second-order valence-corrected chi connectivity index (χ2v) is 8.47. The number of hydrogen-bond acceptors (Lipinski definition) is 3. The van der Waals surface area contributed by atoms with Crippen LogP contribution in [0.15, 0.2) is 42.5 Å². The van der Waals surface area contributed by atoms with Crippen LogP contribution in [-0.2, 0) is 27.7 Å². The van der Waals surface area contributed by atoms with E-state index >= 15 is 0 Å². The fraction of sp³-hybridized carbons (Fsp3) is 0.381. The summed E-state index contributed by atoms with van der Waals surface area (Å²) in [5.41, 5.74) is 2.99. The number of carbonyl (C=O) groups excluding carboxylic acids is 1. The summed E-state index contributed by atoms with van der Waals surface area (Å²) in [6, 6.07) is 9.99. The minimum Gasteiger partial charge on any atom is -0.324 e. The van der Waals surface area contributed by atoms with E-state index in [2.05, 4.69) is 5.32 Å². The molecule has 1 N–H and O–H groups in total. The van der Waals surface area contributed by atoms with Gasteiger partial charge in [0, 0.05) is 5.69 Å². The average Bonchev–Trinajstić information content (AvgIpc) is 2.66. The number of rotatable bonds is 8. The predicted octanol–water partition coefficient (Wildman–Crippen LogP) is 4.13. The lowest BCUT2D eigenvalue weighted by atomic mass is 10.0. The lowest BCUT2D eigenvalue weighted by Gasteiger charge is -2.30. The van der Waals surface area contributed by atoms with Gasteiger partial charge in [-0.3, -0.25) is 9.10 Å². The summed E-state index contributed by atoms with van der Waals surface area (Å²) >= 11 is 0. The normalized spacial score (nSPS) is 12.5. The smallest absolute Gasteiger partial charge is 0.248 e. The van der Waals surface area contributed by atoms with Crippen LogP contribution >= 0.6 is 0 Å². The number of amides is 1. The highest BCUT2D eigenvalue weighted by molar-refractivity contribution is 7.92. The molecule has 0 heterocycles. The number of nitrogens with one attached hydrogen (secondary N) is 1. The second-order valence-electron chi connectivity index (χ2n) is 6.61. The van der Waals surface area contributed by atoms with Crippen LogP contribution < -0.4 is 9.62 Å². The third kappa shape index (κ3) is 4.90. The molecule has 152 valence electrons. The van der Waals surface area contributed by atoms with Crippen molar-refractivity contribution in [3.63, 3.8) is 0 Å². The minimum absolute atomic E-state index is 0.255. The van der Waals surface area contributed by atoms with Gasteiger partial charge in [0.15, 0.2) is 0 Å². The molecule has 1 amide bonds. The Hall–Kier alpha value is -2.41. The number of anilines is 2. The molecule has 28 heavy (non-hydrogen) atoms. The molecule has 0 aliphatic heterocycles. The van der Waals surface area contributed by atoms with Crippen molar-refractivity contribution in [2.24, 2.45) is 0 Å². The van der Waals surface area contributed by atoms with Gasteiger partial charge in [0.1, 0.15) is 11.9 Å². The molecule has 0 radical (unpaired) electrons. The third-order valence-electron chi connectivity index (χ3n) is 4.66. The largest absolute Gasteiger partial charge is 0.324 e. The van der Waals surface area contributed by atoms with Crippen molar-refractivity contribution in [1.29, 1.82) is 0 Å². The van der Waals surface area contributed by atoms with Gasteiger partial charge in [-0.05, 0) is 54.7 Å². The van der Waals surface area contributed by atoms with Crippen molar-refractivity contribution in [2.75, 3.05) is 15.9 Å². The number of carbonyl (C=O) groups is 1. The van der Waals surface area contributed by atoms with E-state index in [1.165, 1.54) is 24.3 Å². The Labute approximate surface area is 166 Å². The molecule has 0 unspecified atom stereocenters. The number of sulfonamides is 1. The number of benzene rings is 2. The van der Waals surface area contributed by atoms with E-state index in [-0.39, 0.29) is 12.1 Å². The van der Waals surface area contributed by atoms with Crippen molar-refractivity contribution in [1.82, 2.24) is 0 Å². The van der Waals surface area contributed by atoms with Gasteiger partial charge < -0.3 is 5.32 Å². The van der Waals surface area contributed by atoms with Crippen LogP contribution in [0.4, 0.5) is 15.8 Å². The first-order valence-electron chi connectivity index (χ1n) is 9.39. The van der Waals surface area contributed by atoms with E-state index in [1.54, 1.807) is 6.92 Å². The van der Waals surface area contributed by atoms with Gasteiger partial charge in [0.2, 0.25) is 15.9 Å². The van der Waals surface area contributed by atoms with Gasteiger partial charge >= 0.3 is 0 Å². The van der Waals surface area contributed by atoms with Gasteiger partial charge in [0.25, 0.3) is 0 Å². The summed E-state index contributed by atoms with van der Waals surface area (Å²) in [6.07, 6.45) is 2.80. The van der Waals surface area contributed by atoms with Gasteiger partial charge in [-0.2, -0.15) is 0 Å². The van der Waals surface area contributed by atoms with Crippen LogP contribution in [0.1, 0.15) is 38.3 Å². The van der Waals surface area contributed by atoms with Crippen LogP contribution in [-0.4, -0.2) is 26.6 Å². The Morgan fingerprint density at radius 2 is 1.57 bits per heavy atom. The summed E-state index contributed by atoms with van der Waals surface area (Å²) in [5.74, 6) is -0.882. The number of para-hydroxylation sites is 1. The number of nitrogens with zero attached hydrogens (tertiary/aromatic N) is 1. The zero-order chi connectivity index (χ0) is 20.9. The van der Waals surface area contributed by atoms with Crippen molar-refractivity contribution in [3.05, 3.63) is 59.4 Å². The minimum atomic E-state index is -3.76. The molecule has 0 aliphatic carbocycles. The lowest BCUT2D eigenvalue weighted by Crippen LogP contribution is -2.47. The Kier molecular flexibility index (Phi) is 7.18. The fourth-order valence-corrected chi connectivity index (χ4v) is 4.47. The number of hydrogen-bond donors (Lipinski definition) is 1. The Bertz CT molecular complexity index is 905. The fourth-order valence-electron chi connectivity index (χ4n) is 3.26. The maximum Gasteiger partial charge on any atom is 0.248 e. The van der Waals surface area contributed by atoms with Crippen molar-refractivity contribution in [3.8, 4) is 0 Å². The maximum absolute atomic E-state index is 13.3. The topological polar surface area (TPSA) is 66.5 Å². The molecule has 0 aliphatic rings. The summed E-state index contributed by atoms with van der Waals surface area (Å²) in [5, 5.41) is 2.95. The molecular formula is C21H27FN2O3S. The maximum atomic E-state index is 13.3. The molecule has 5 nitrogen and oxygen atoms in total. The van der Waals surface area contributed by atoms with Crippen LogP contribution in [0.2, 0.25) is 0 Å². The van der Waals surface area contributed by atoms with Crippen LogP contribution in [0, 0.1) is 5.82 Å². The first kappa shape index (κ1) is 21.9. The molecule has 0 bridgehead atoms. The molecule has 0 saturated carbocycles. The Morgan fingerprint density at radius 3 is 2.00 bits per heavy atom. The molecular weight excluding hydrogens is 379 g/mol. The van der Waals surface area contributed by atoms with Gasteiger partial charge in [-0.1, -0.05) is 39.0 Å². The van der Waals surface area contributed by atoms with E-state index in [4.69, 9.17) is 0 Å². The van der Waals surface area contributed by atoms with Crippen LogP contribution in [0.3, 0.4) is 0 Å². The standard InChI is InChI=1S/C21H27FN2O3S/c1-5-15-9-8-10-16(6-2)20(15)23-21(25)19(7-3)24(28(4,26)27)18-13-11-17(22)12-14-18/h8-14,19H,5-7H2,1-4H3,(H,23,25)/t19-/m1/s1. The molecule has 2 rings (SSSR count). The van der Waals surface area contributed by atoms with Crippen molar-refractivity contribution in [2.45, 2.75) is 46.1 Å². The second kappa shape index (κ2) is 9.19. The van der Waals surface area contributed by atoms with Gasteiger partial charge in [-0.25, -0.2) is 12.8 Å². The molecule has 0 fully saturated rings. The first-order chi connectivity index (χ1) is 13.2. The summed E-state index contributed by atoms with van der Waals surface area (Å²) in [7, 11) is -3.76.